The predicted molar refractivity (Wildman–Crippen MR) is 87.2 cm³/mol. The third-order valence-corrected chi connectivity index (χ3v) is 5.25. The van der Waals surface area contributed by atoms with Crippen molar-refractivity contribution in [1.29, 1.82) is 0 Å². The number of nitrogens with one attached hydrogen (secondary N) is 1. The third-order valence-electron chi connectivity index (χ3n) is 5.25. The lowest BCUT2D eigenvalue weighted by molar-refractivity contribution is 0.0760. The summed E-state index contributed by atoms with van der Waals surface area (Å²) < 4.78 is 0. The van der Waals surface area contributed by atoms with Gasteiger partial charge in [0.05, 0.1) is 0 Å². The minimum Gasteiger partial charge on any atom is -0.314 e. The molecule has 0 spiro atoms. The van der Waals surface area contributed by atoms with E-state index in [1.165, 1.54) is 71.2 Å². The Bertz CT molecular complexity index is 269. The van der Waals surface area contributed by atoms with Crippen molar-refractivity contribution in [2.45, 2.75) is 64.5 Å². The van der Waals surface area contributed by atoms with E-state index in [1.54, 1.807) is 0 Å². The number of nitrogens with zero attached hydrogens (tertiary/aromatic N) is 2. The van der Waals surface area contributed by atoms with Crippen molar-refractivity contribution in [2.75, 3.05) is 39.8 Å². The summed E-state index contributed by atoms with van der Waals surface area (Å²) in [7, 11) is 2.26. The number of hydrogen-bond acceptors (Lipinski definition) is 3. The molecule has 3 unspecified atom stereocenters. The molecule has 118 valence electrons. The Morgan fingerprint density at radius 1 is 1.10 bits per heavy atom. The van der Waals surface area contributed by atoms with Gasteiger partial charge in [-0.25, -0.2) is 0 Å². The highest BCUT2D eigenvalue weighted by Crippen LogP contribution is 2.25. The lowest BCUT2D eigenvalue weighted by Gasteiger charge is -2.41. The molecule has 1 saturated heterocycles. The normalized spacial score (nSPS) is 34.0. The van der Waals surface area contributed by atoms with E-state index < -0.39 is 0 Å². The van der Waals surface area contributed by atoms with Crippen LogP contribution in [0, 0.1) is 5.92 Å². The summed E-state index contributed by atoms with van der Waals surface area (Å²) in [4.78, 5) is 5.22. The molecule has 2 aliphatic rings. The fourth-order valence-corrected chi connectivity index (χ4v) is 3.95. The van der Waals surface area contributed by atoms with Crippen molar-refractivity contribution < 1.29 is 0 Å². The maximum absolute atomic E-state index is 3.84. The van der Waals surface area contributed by atoms with Crippen LogP contribution < -0.4 is 5.32 Å². The van der Waals surface area contributed by atoms with Crippen molar-refractivity contribution in [3.05, 3.63) is 0 Å². The van der Waals surface area contributed by atoms with E-state index in [2.05, 4.69) is 36.0 Å². The second-order valence-corrected chi connectivity index (χ2v) is 7.06. The Morgan fingerprint density at radius 2 is 1.90 bits per heavy atom. The van der Waals surface area contributed by atoms with Crippen LogP contribution in [0.15, 0.2) is 0 Å². The van der Waals surface area contributed by atoms with E-state index in [0.29, 0.717) is 0 Å². The number of rotatable bonds is 5. The zero-order valence-electron chi connectivity index (χ0n) is 13.9. The first-order valence-corrected chi connectivity index (χ1v) is 8.86. The molecule has 1 heterocycles. The van der Waals surface area contributed by atoms with Gasteiger partial charge in [-0.05, 0) is 45.7 Å². The highest BCUT2D eigenvalue weighted by atomic mass is 15.3. The van der Waals surface area contributed by atoms with Crippen LogP contribution in [-0.2, 0) is 0 Å². The zero-order chi connectivity index (χ0) is 14.4. The van der Waals surface area contributed by atoms with Gasteiger partial charge in [0.2, 0.25) is 0 Å². The molecule has 1 N–H and O–H groups in total. The van der Waals surface area contributed by atoms with Gasteiger partial charge in [-0.3, -0.25) is 4.90 Å². The van der Waals surface area contributed by atoms with Crippen LogP contribution in [0.5, 0.6) is 0 Å². The SMILES string of the molecule is CCCNC1CCCCCC1CN1CCN(C)CC1C. The van der Waals surface area contributed by atoms with Gasteiger partial charge in [-0.15, -0.1) is 0 Å². The monoisotopic (exact) mass is 281 g/mol. The zero-order valence-corrected chi connectivity index (χ0v) is 13.9. The summed E-state index contributed by atoms with van der Waals surface area (Å²) in [5, 5.41) is 3.84. The Morgan fingerprint density at radius 3 is 2.65 bits per heavy atom. The molecule has 2 fully saturated rings. The van der Waals surface area contributed by atoms with Crippen LogP contribution in [0.3, 0.4) is 0 Å². The van der Waals surface area contributed by atoms with E-state index in [0.717, 1.165) is 18.0 Å². The van der Waals surface area contributed by atoms with Gasteiger partial charge in [0, 0.05) is 38.3 Å². The maximum Gasteiger partial charge on any atom is 0.0195 e. The average Bonchev–Trinajstić information content (AvgIpc) is 2.65. The van der Waals surface area contributed by atoms with Gasteiger partial charge in [-0.2, -0.15) is 0 Å². The molecular weight excluding hydrogens is 246 g/mol. The minimum absolute atomic E-state index is 0.726. The Kier molecular flexibility index (Phi) is 6.79. The number of hydrogen-bond donors (Lipinski definition) is 1. The van der Waals surface area contributed by atoms with Gasteiger partial charge >= 0.3 is 0 Å². The first kappa shape index (κ1) is 16.3. The van der Waals surface area contributed by atoms with Crippen LogP contribution in [0.2, 0.25) is 0 Å². The molecule has 3 heteroatoms. The molecule has 3 atom stereocenters. The molecule has 1 saturated carbocycles. The van der Waals surface area contributed by atoms with Gasteiger partial charge < -0.3 is 10.2 Å². The molecule has 0 aromatic heterocycles. The average molecular weight is 281 g/mol. The number of piperazine rings is 1. The molecule has 20 heavy (non-hydrogen) atoms. The van der Waals surface area contributed by atoms with Gasteiger partial charge in [-0.1, -0.05) is 26.2 Å². The van der Waals surface area contributed by atoms with E-state index in [9.17, 15) is 0 Å². The largest absolute Gasteiger partial charge is 0.314 e. The van der Waals surface area contributed by atoms with Crippen molar-refractivity contribution in [1.82, 2.24) is 15.1 Å². The molecule has 0 amide bonds. The fourth-order valence-electron chi connectivity index (χ4n) is 3.95. The summed E-state index contributed by atoms with van der Waals surface area (Å²) >= 11 is 0. The minimum atomic E-state index is 0.726. The maximum atomic E-state index is 3.84. The standard InChI is InChI=1S/C17H35N3/c1-4-10-18-17-9-7-5-6-8-16(17)14-20-12-11-19(3)13-15(20)2/h15-18H,4-14H2,1-3H3. The lowest BCUT2D eigenvalue weighted by Crippen LogP contribution is -2.53. The summed E-state index contributed by atoms with van der Waals surface area (Å²) in [5.74, 6) is 0.870. The van der Waals surface area contributed by atoms with E-state index in [-0.39, 0.29) is 0 Å². The van der Waals surface area contributed by atoms with Crippen LogP contribution in [-0.4, -0.2) is 61.7 Å². The summed E-state index contributed by atoms with van der Waals surface area (Å²) in [6.45, 7) is 10.9. The Labute approximate surface area is 126 Å². The van der Waals surface area contributed by atoms with E-state index in [4.69, 9.17) is 0 Å². The van der Waals surface area contributed by atoms with Crippen molar-refractivity contribution in [2.24, 2.45) is 5.92 Å². The van der Waals surface area contributed by atoms with Crippen molar-refractivity contribution in [3.63, 3.8) is 0 Å². The van der Waals surface area contributed by atoms with E-state index >= 15 is 0 Å². The predicted octanol–water partition coefficient (Wildman–Crippen LogP) is 2.57. The van der Waals surface area contributed by atoms with Crippen LogP contribution >= 0.6 is 0 Å². The number of likely N-dealkylation sites (N-methyl/N-ethyl adjacent to an activating group) is 1. The summed E-state index contributed by atoms with van der Waals surface area (Å²) in [5.41, 5.74) is 0. The van der Waals surface area contributed by atoms with Crippen molar-refractivity contribution in [3.8, 4) is 0 Å². The van der Waals surface area contributed by atoms with E-state index in [1.807, 2.05) is 0 Å². The van der Waals surface area contributed by atoms with Crippen molar-refractivity contribution >= 4 is 0 Å². The topological polar surface area (TPSA) is 18.5 Å². The molecule has 0 aromatic carbocycles. The molecule has 0 bridgehead atoms. The molecule has 0 aromatic rings. The first-order valence-electron chi connectivity index (χ1n) is 8.86. The Hall–Kier alpha value is -0.120. The third kappa shape index (κ3) is 4.71. The fraction of sp³-hybridized carbons (Fsp3) is 1.00. The molecule has 3 nitrogen and oxygen atoms in total. The molecule has 2 rings (SSSR count). The molecule has 1 aliphatic carbocycles. The quantitative estimate of drug-likeness (QED) is 0.781. The smallest absolute Gasteiger partial charge is 0.0195 e. The van der Waals surface area contributed by atoms with Crippen LogP contribution in [0.4, 0.5) is 0 Å². The molecular formula is C17H35N3. The molecule has 1 aliphatic heterocycles. The summed E-state index contributed by atoms with van der Waals surface area (Å²) in [6, 6.07) is 1.49. The van der Waals surface area contributed by atoms with Crippen LogP contribution in [0.1, 0.15) is 52.4 Å². The second kappa shape index (κ2) is 8.35. The second-order valence-electron chi connectivity index (χ2n) is 7.06. The van der Waals surface area contributed by atoms with Crippen LogP contribution in [0.25, 0.3) is 0 Å². The van der Waals surface area contributed by atoms with Gasteiger partial charge in [0.15, 0.2) is 0 Å². The van der Waals surface area contributed by atoms with Gasteiger partial charge in [0.1, 0.15) is 0 Å². The van der Waals surface area contributed by atoms with Gasteiger partial charge in [0.25, 0.3) is 0 Å². The first-order chi connectivity index (χ1) is 9.70. The highest BCUT2D eigenvalue weighted by Gasteiger charge is 2.28. The highest BCUT2D eigenvalue weighted by molar-refractivity contribution is 4.85. The Balaban J connectivity index is 1.89. The molecule has 0 radical (unpaired) electrons. The lowest BCUT2D eigenvalue weighted by atomic mass is 9.93. The summed E-state index contributed by atoms with van der Waals surface area (Å²) in [6.07, 6.45) is 8.40.